The fourth-order valence-electron chi connectivity index (χ4n) is 1.87. The maximum atomic E-state index is 12.7. The molecule has 0 aliphatic rings. The minimum Gasteiger partial charge on any atom is -0.379 e. The first-order chi connectivity index (χ1) is 9.18. The topological polar surface area (TPSA) is 44.3 Å². The Kier molecular flexibility index (Phi) is 8.38. The Morgan fingerprint density at radius 1 is 1.05 bits per heavy atom. The third kappa shape index (κ3) is 8.70. The highest BCUT2D eigenvalue weighted by Crippen LogP contribution is 2.02. The lowest BCUT2D eigenvalue weighted by molar-refractivity contribution is 0.156. The van der Waals surface area contributed by atoms with Crippen molar-refractivity contribution < 1.29 is 9.50 Å². The average molecular weight is 268 g/mol. The summed E-state index contributed by atoms with van der Waals surface area (Å²) >= 11 is 0. The summed E-state index contributed by atoms with van der Waals surface area (Å²) in [7, 11) is 0. The SMILES string of the molecule is CC(O)NCCCCCCNCc1ccc(F)cc1. The molecule has 1 unspecified atom stereocenters. The molecule has 0 fully saturated rings. The molecule has 0 radical (unpaired) electrons. The molecule has 0 aliphatic heterocycles. The summed E-state index contributed by atoms with van der Waals surface area (Å²) in [6.45, 7) is 4.39. The van der Waals surface area contributed by atoms with Crippen LogP contribution in [0.1, 0.15) is 38.2 Å². The van der Waals surface area contributed by atoms with E-state index in [2.05, 4.69) is 10.6 Å². The van der Waals surface area contributed by atoms with Gasteiger partial charge >= 0.3 is 0 Å². The molecule has 0 amide bonds. The predicted octanol–water partition coefficient (Wildman–Crippen LogP) is 2.40. The van der Waals surface area contributed by atoms with Crippen molar-refractivity contribution in [2.75, 3.05) is 13.1 Å². The molecule has 3 N–H and O–H groups in total. The summed E-state index contributed by atoms with van der Waals surface area (Å²) in [4.78, 5) is 0. The molecular formula is C15H25FN2O. The van der Waals surface area contributed by atoms with E-state index in [9.17, 15) is 4.39 Å². The normalized spacial score (nSPS) is 12.6. The molecule has 0 saturated heterocycles. The van der Waals surface area contributed by atoms with Gasteiger partial charge in [0.15, 0.2) is 0 Å². The zero-order valence-corrected chi connectivity index (χ0v) is 11.7. The van der Waals surface area contributed by atoms with Crippen LogP contribution in [0.4, 0.5) is 4.39 Å². The quantitative estimate of drug-likeness (QED) is 0.451. The molecule has 19 heavy (non-hydrogen) atoms. The van der Waals surface area contributed by atoms with Crippen LogP contribution < -0.4 is 10.6 Å². The Balaban J connectivity index is 1.90. The minimum atomic E-state index is -0.405. The standard InChI is InChI=1S/C15H25FN2O/c1-13(19)18-11-5-3-2-4-10-17-12-14-6-8-15(16)9-7-14/h6-9,13,17-19H,2-5,10-12H2,1H3. The van der Waals surface area contributed by atoms with E-state index in [-0.39, 0.29) is 5.82 Å². The molecule has 0 saturated carbocycles. The molecule has 1 aromatic carbocycles. The van der Waals surface area contributed by atoms with Crippen molar-refractivity contribution in [1.29, 1.82) is 0 Å². The summed E-state index contributed by atoms with van der Waals surface area (Å²) in [6, 6.07) is 6.60. The molecule has 1 atom stereocenters. The second-order valence-corrected chi connectivity index (χ2v) is 4.85. The first-order valence-corrected chi connectivity index (χ1v) is 7.05. The van der Waals surface area contributed by atoms with Gasteiger partial charge in [-0.15, -0.1) is 0 Å². The van der Waals surface area contributed by atoms with Crippen LogP contribution in [0.3, 0.4) is 0 Å². The van der Waals surface area contributed by atoms with E-state index < -0.39 is 6.23 Å². The lowest BCUT2D eigenvalue weighted by Gasteiger charge is -2.07. The summed E-state index contributed by atoms with van der Waals surface area (Å²) in [5.74, 6) is -0.186. The van der Waals surface area contributed by atoms with Crippen LogP contribution in [-0.4, -0.2) is 24.4 Å². The molecule has 108 valence electrons. The number of unbranched alkanes of at least 4 members (excludes halogenated alkanes) is 3. The zero-order valence-electron chi connectivity index (χ0n) is 11.7. The Morgan fingerprint density at radius 3 is 2.32 bits per heavy atom. The molecule has 1 rings (SSSR count). The zero-order chi connectivity index (χ0) is 13.9. The number of nitrogens with one attached hydrogen (secondary N) is 2. The third-order valence-electron chi connectivity index (χ3n) is 2.96. The first-order valence-electron chi connectivity index (χ1n) is 7.05. The van der Waals surface area contributed by atoms with Gasteiger partial charge < -0.3 is 10.4 Å². The summed E-state index contributed by atoms with van der Waals surface area (Å²) in [6.07, 6.45) is 4.21. The molecule has 0 spiro atoms. The van der Waals surface area contributed by atoms with Crippen molar-refractivity contribution in [3.63, 3.8) is 0 Å². The van der Waals surface area contributed by atoms with Crippen molar-refractivity contribution in [3.8, 4) is 0 Å². The van der Waals surface area contributed by atoms with Crippen LogP contribution in [-0.2, 0) is 6.54 Å². The van der Waals surface area contributed by atoms with E-state index in [4.69, 9.17) is 5.11 Å². The smallest absolute Gasteiger partial charge is 0.123 e. The number of hydrogen-bond donors (Lipinski definition) is 3. The highest BCUT2D eigenvalue weighted by atomic mass is 19.1. The van der Waals surface area contributed by atoms with Crippen LogP contribution in [0.15, 0.2) is 24.3 Å². The van der Waals surface area contributed by atoms with Crippen molar-refractivity contribution in [2.45, 2.75) is 45.4 Å². The Hall–Kier alpha value is -0.970. The van der Waals surface area contributed by atoms with Crippen LogP contribution in [0.25, 0.3) is 0 Å². The third-order valence-corrected chi connectivity index (χ3v) is 2.96. The molecule has 0 aromatic heterocycles. The molecule has 0 bridgehead atoms. The van der Waals surface area contributed by atoms with E-state index in [1.807, 2.05) is 12.1 Å². The number of halogens is 1. The van der Waals surface area contributed by atoms with Gasteiger partial charge in [-0.25, -0.2) is 4.39 Å². The predicted molar refractivity (Wildman–Crippen MR) is 76.3 cm³/mol. The van der Waals surface area contributed by atoms with Crippen LogP contribution in [0.2, 0.25) is 0 Å². The van der Waals surface area contributed by atoms with Crippen molar-refractivity contribution >= 4 is 0 Å². The van der Waals surface area contributed by atoms with Gasteiger partial charge in [0.2, 0.25) is 0 Å². The average Bonchev–Trinajstić information content (AvgIpc) is 2.38. The highest BCUT2D eigenvalue weighted by Gasteiger charge is 1.95. The van der Waals surface area contributed by atoms with E-state index in [1.165, 1.54) is 25.0 Å². The van der Waals surface area contributed by atoms with E-state index in [1.54, 1.807) is 6.92 Å². The van der Waals surface area contributed by atoms with Crippen molar-refractivity contribution in [3.05, 3.63) is 35.6 Å². The Morgan fingerprint density at radius 2 is 1.68 bits per heavy atom. The number of hydrogen-bond acceptors (Lipinski definition) is 3. The second kappa shape index (κ2) is 9.89. The molecular weight excluding hydrogens is 243 g/mol. The Labute approximate surface area is 115 Å². The maximum absolute atomic E-state index is 12.7. The lowest BCUT2D eigenvalue weighted by atomic mass is 10.2. The Bertz CT molecular complexity index is 327. The number of benzene rings is 1. The van der Waals surface area contributed by atoms with Crippen LogP contribution >= 0.6 is 0 Å². The largest absolute Gasteiger partial charge is 0.379 e. The van der Waals surface area contributed by atoms with Crippen LogP contribution in [0.5, 0.6) is 0 Å². The van der Waals surface area contributed by atoms with Gasteiger partial charge in [0.1, 0.15) is 12.0 Å². The minimum absolute atomic E-state index is 0.186. The highest BCUT2D eigenvalue weighted by molar-refractivity contribution is 5.15. The fraction of sp³-hybridized carbons (Fsp3) is 0.600. The van der Waals surface area contributed by atoms with Crippen molar-refractivity contribution in [1.82, 2.24) is 10.6 Å². The number of aliphatic hydroxyl groups excluding tert-OH is 1. The van der Waals surface area contributed by atoms with E-state index in [0.29, 0.717) is 0 Å². The summed E-state index contributed by atoms with van der Waals surface area (Å²) < 4.78 is 12.7. The van der Waals surface area contributed by atoms with Gasteiger partial charge in [0.05, 0.1) is 0 Å². The molecule has 0 aliphatic carbocycles. The number of aliphatic hydroxyl groups is 1. The van der Waals surface area contributed by atoms with Crippen LogP contribution in [0, 0.1) is 5.82 Å². The maximum Gasteiger partial charge on any atom is 0.123 e. The monoisotopic (exact) mass is 268 g/mol. The molecule has 4 heteroatoms. The number of rotatable bonds is 10. The molecule has 0 heterocycles. The van der Waals surface area contributed by atoms with E-state index in [0.717, 1.165) is 38.0 Å². The summed E-state index contributed by atoms with van der Waals surface area (Å²) in [5, 5.41) is 15.3. The van der Waals surface area contributed by atoms with Gasteiger partial charge in [-0.2, -0.15) is 0 Å². The van der Waals surface area contributed by atoms with Crippen molar-refractivity contribution in [2.24, 2.45) is 0 Å². The summed E-state index contributed by atoms with van der Waals surface area (Å²) in [5.41, 5.74) is 1.11. The van der Waals surface area contributed by atoms with Gasteiger partial charge in [0, 0.05) is 6.54 Å². The molecule has 3 nitrogen and oxygen atoms in total. The van der Waals surface area contributed by atoms with Gasteiger partial charge in [-0.3, -0.25) is 5.32 Å². The fourth-order valence-corrected chi connectivity index (χ4v) is 1.87. The second-order valence-electron chi connectivity index (χ2n) is 4.85. The lowest BCUT2D eigenvalue weighted by Crippen LogP contribution is -2.26. The first kappa shape index (κ1) is 16.1. The van der Waals surface area contributed by atoms with Gasteiger partial charge in [0.25, 0.3) is 0 Å². The van der Waals surface area contributed by atoms with Gasteiger partial charge in [-0.1, -0.05) is 25.0 Å². The molecule has 1 aromatic rings. The van der Waals surface area contributed by atoms with E-state index >= 15 is 0 Å². The van der Waals surface area contributed by atoms with Gasteiger partial charge in [-0.05, 0) is 50.6 Å².